The number of fused-ring (bicyclic) bond motifs is 1. The lowest BCUT2D eigenvalue weighted by atomic mass is 10.2. The Morgan fingerprint density at radius 3 is 2.58 bits per heavy atom. The quantitative estimate of drug-likeness (QED) is 0.453. The van der Waals surface area contributed by atoms with Gasteiger partial charge in [0.1, 0.15) is 11.5 Å². The molecule has 0 aliphatic carbocycles. The second-order valence-electron chi connectivity index (χ2n) is 5.68. The van der Waals surface area contributed by atoms with Crippen LogP contribution in [0.4, 0.5) is 0 Å². The Labute approximate surface area is 149 Å². The number of hydrogen-bond acceptors (Lipinski definition) is 2. The zero-order valence-corrected chi connectivity index (χ0v) is 14.5. The van der Waals surface area contributed by atoms with Crippen molar-refractivity contribution < 1.29 is 4.42 Å². The number of aromatic nitrogens is 2. The molecule has 0 radical (unpaired) electrons. The molecule has 2 aromatic heterocycles. The first-order valence-corrected chi connectivity index (χ1v) is 8.32. The van der Waals surface area contributed by atoms with Crippen LogP contribution in [0, 0.1) is 6.92 Å². The standard InChI is InChI=1S/C19H14Cl2N2O/c1-12-17(11-23-7-6-13-4-2-3-5-18(13)23)22-19(24-12)14-8-15(20)10-16(21)9-14/h2-10H,11H2,1H3. The highest BCUT2D eigenvalue weighted by Gasteiger charge is 2.14. The van der Waals surface area contributed by atoms with Crippen molar-refractivity contribution in [2.24, 2.45) is 0 Å². The summed E-state index contributed by atoms with van der Waals surface area (Å²) in [7, 11) is 0. The molecule has 0 spiro atoms. The molecule has 2 heterocycles. The molecule has 0 saturated carbocycles. The van der Waals surface area contributed by atoms with Crippen molar-refractivity contribution >= 4 is 34.1 Å². The number of aryl methyl sites for hydroxylation is 1. The molecule has 4 rings (SSSR count). The van der Waals surface area contributed by atoms with Crippen molar-refractivity contribution in [2.45, 2.75) is 13.5 Å². The van der Waals surface area contributed by atoms with Crippen LogP contribution in [0.15, 0.2) is 59.1 Å². The second-order valence-corrected chi connectivity index (χ2v) is 6.56. The predicted octanol–water partition coefficient (Wildman–Crippen LogP) is 5.96. The third-order valence-corrected chi connectivity index (χ3v) is 4.44. The molecule has 0 amide bonds. The molecule has 24 heavy (non-hydrogen) atoms. The molecule has 0 atom stereocenters. The average molecular weight is 357 g/mol. The van der Waals surface area contributed by atoms with Crippen molar-refractivity contribution in [2.75, 3.05) is 0 Å². The Bertz CT molecular complexity index is 1010. The number of benzene rings is 2. The van der Waals surface area contributed by atoms with Crippen molar-refractivity contribution in [3.8, 4) is 11.5 Å². The van der Waals surface area contributed by atoms with Crippen molar-refractivity contribution in [1.82, 2.24) is 9.55 Å². The van der Waals surface area contributed by atoms with Crippen molar-refractivity contribution in [3.63, 3.8) is 0 Å². The van der Waals surface area contributed by atoms with E-state index in [1.807, 2.05) is 19.1 Å². The van der Waals surface area contributed by atoms with Gasteiger partial charge in [0.15, 0.2) is 0 Å². The minimum atomic E-state index is 0.531. The fourth-order valence-electron chi connectivity index (χ4n) is 2.82. The highest BCUT2D eigenvalue weighted by atomic mass is 35.5. The van der Waals surface area contributed by atoms with Crippen LogP contribution >= 0.6 is 23.2 Å². The fourth-order valence-corrected chi connectivity index (χ4v) is 3.34. The van der Waals surface area contributed by atoms with E-state index >= 15 is 0 Å². The van der Waals surface area contributed by atoms with E-state index in [1.54, 1.807) is 18.2 Å². The molecular weight excluding hydrogens is 343 g/mol. The van der Waals surface area contributed by atoms with E-state index in [-0.39, 0.29) is 0 Å². The van der Waals surface area contributed by atoms with Gasteiger partial charge in [-0.1, -0.05) is 41.4 Å². The minimum Gasteiger partial charge on any atom is -0.441 e. The highest BCUT2D eigenvalue weighted by Crippen LogP contribution is 2.28. The van der Waals surface area contributed by atoms with Gasteiger partial charge in [-0.15, -0.1) is 0 Å². The van der Waals surface area contributed by atoms with Gasteiger partial charge in [0.25, 0.3) is 0 Å². The van der Waals surface area contributed by atoms with Crippen LogP contribution in [0.2, 0.25) is 10.0 Å². The Morgan fingerprint density at radius 2 is 1.79 bits per heavy atom. The zero-order valence-electron chi connectivity index (χ0n) is 13.0. The van der Waals surface area contributed by atoms with E-state index in [2.05, 4.69) is 33.9 Å². The normalized spacial score (nSPS) is 11.3. The van der Waals surface area contributed by atoms with Gasteiger partial charge in [0.05, 0.1) is 6.54 Å². The van der Waals surface area contributed by atoms with Crippen LogP contribution in [0.5, 0.6) is 0 Å². The van der Waals surface area contributed by atoms with Gasteiger partial charge in [0.2, 0.25) is 5.89 Å². The van der Waals surface area contributed by atoms with E-state index in [0.717, 1.165) is 17.0 Å². The van der Waals surface area contributed by atoms with Crippen LogP contribution in [-0.4, -0.2) is 9.55 Å². The summed E-state index contributed by atoms with van der Waals surface area (Å²) in [5.74, 6) is 1.32. The Kier molecular flexibility index (Phi) is 3.83. The summed E-state index contributed by atoms with van der Waals surface area (Å²) in [6, 6.07) is 15.7. The summed E-state index contributed by atoms with van der Waals surface area (Å²) in [5.41, 5.74) is 2.84. The van der Waals surface area contributed by atoms with E-state index in [1.165, 1.54) is 10.9 Å². The molecule has 0 bridgehead atoms. The van der Waals surface area contributed by atoms with Crippen molar-refractivity contribution in [1.29, 1.82) is 0 Å². The first kappa shape index (κ1) is 15.3. The van der Waals surface area contributed by atoms with Crippen LogP contribution < -0.4 is 0 Å². The van der Waals surface area contributed by atoms with Crippen LogP contribution in [-0.2, 0) is 6.54 Å². The maximum atomic E-state index is 6.07. The molecule has 5 heteroatoms. The van der Waals surface area contributed by atoms with Gasteiger partial charge < -0.3 is 8.98 Å². The summed E-state index contributed by atoms with van der Waals surface area (Å²) in [6.07, 6.45) is 2.06. The topological polar surface area (TPSA) is 31.0 Å². The number of halogens is 2. The molecule has 4 aromatic rings. The highest BCUT2D eigenvalue weighted by molar-refractivity contribution is 6.35. The van der Waals surface area contributed by atoms with E-state index < -0.39 is 0 Å². The van der Waals surface area contributed by atoms with Gasteiger partial charge in [-0.05, 0) is 42.6 Å². The molecule has 3 nitrogen and oxygen atoms in total. The molecule has 0 N–H and O–H groups in total. The van der Waals surface area contributed by atoms with Gasteiger partial charge in [-0.3, -0.25) is 0 Å². The van der Waals surface area contributed by atoms with Crippen molar-refractivity contribution in [3.05, 3.63) is 76.2 Å². The molecule has 2 aromatic carbocycles. The Balaban J connectivity index is 1.71. The van der Waals surface area contributed by atoms with Gasteiger partial charge in [-0.25, -0.2) is 4.98 Å². The largest absolute Gasteiger partial charge is 0.441 e. The SMILES string of the molecule is Cc1oc(-c2cc(Cl)cc(Cl)c2)nc1Cn1ccc2ccccc21. The lowest BCUT2D eigenvalue weighted by Crippen LogP contribution is -1.99. The average Bonchev–Trinajstić information content (AvgIpc) is 3.12. The minimum absolute atomic E-state index is 0.531. The second kappa shape index (κ2) is 6.00. The van der Waals surface area contributed by atoms with Gasteiger partial charge in [0, 0.05) is 27.3 Å². The van der Waals surface area contributed by atoms with Crippen LogP contribution in [0.1, 0.15) is 11.5 Å². The third kappa shape index (κ3) is 2.81. The number of para-hydroxylation sites is 1. The molecular formula is C19H14Cl2N2O. The Morgan fingerprint density at radius 1 is 1.04 bits per heavy atom. The van der Waals surface area contributed by atoms with E-state index in [0.29, 0.717) is 22.5 Å². The monoisotopic (exact) mass is 356 g/mol. The van der Waals surface area contributed by atoms with Crippen LogP contribution in [0.3, 0.4) is 0 Å². The molecule has 0 saturated heterocycles. The third-order valence-electron chi connectivity index (χ3n) is 4.00. The number of hydrogen-bond donors (Lipinski definition) is 0. The molecule has 0 unspecified atom stereocenters. The maximum Gasteiger partial charge on any atom is 0.226 e. The molecule has 0 aliphatic heterocycles. The van der Waals surface area contributed by atoms with Gasteiger partial charge in [-0.2, -0.15) is 0 Å². The summed E-state index contributed by atoms with van der Waals surface area (Å²) in [6.45, 7) is 2.57. The first-order valence-electron chi connectivity index (χ1n) is 7.57. The number of rotatable bonds is 3. The first-order chi connectivity index (χ1) is 11.6. The van der Waals surface area contributed by atoms with E-state index in [9.17, 15) is 0 Å². The molecule has 0 fully saturated rings. The fraction of sp³-hybridized carbons (Fsp3) is 0.105. The zero-order chi connectivity index (χ0) is 16.7. The summed E-state index contributed by atoms with van der Waals surface area (Å²) in [5, 5.41) is 2.33. The lowest BCUT2D eigenvalue weighted by Gasteiger charge is -2.03. The number of oxazole rings is 1. The molecule has 0 aliphatic rings. The summed E-state index contributed by atoms with van der Waals surface area (Å²) >= 11 is 12.1. The summed E-state index contributed by atoms with van der Waals surface area (Å²) < 4.78 is 7.99. The Hall–Kier alpha value is -2.23. The summed E-state index contributed by atoms with van der Waals surface area (Å²) in [4.78, 5) is 4.64. The lowest BCUT2D eigenvalue weighted by molar-refractivity contribution is 0.538. The van der Waals surface area contributed by atoms with Crippen LogP contribution in [0.25, 0.3) is 22.4 Å². The predicted molar refractivity (Wildman–Crippen MR) is 97.7 cm³/mol. The smallest absolute Gasteiger partial charge is 0.226 e. The molecule has 120 valence electrons. The van der Waals surface area contributed by atoms with Gasteiger partial charge >= 0.3 is 0 Å². The number of nitrogens with zero attached hydrogens (tertiary/aromatic N) is 2. The van der Waals surface area contributed by atoms with E-state index in [4.69, 9.17) is 27.6 Å². The maximum absolute atomic E-state index is 6.07.